The number of rotatable bonds is 0. The summed E-state index contributed by atoms with van der Waals surface area (Å²) < 4.78 is 2.27. The molecule has 2 aromatic rings. The fourth-order valence-electron chi connectivity index (χ4n) is 5.04. The number of hydrogen-bond acceptors (Lipinski definition) is 2. The highest BCUT2D eigenvalue weighted by Gasteiger charge is 2.41. The minimum atomic E-state index is -0.344. The molecule has 0 radical (unpaired) electrons. The lowest BCUT2D eigenvalue weighted by Crippen LogP contribution is -2.42. The molecule has 1 fully saturated rings. The highest BCUT2D eigenvalue weighted by molar-refractivity contribution is 5.87. The molecule has 0 aliphatic carbocycles. The molecule has 4 heterocycles. The van der Waals surface area contributed by atoms with Crippen LogP contribution in [0.25, 0.3) is 10.9 Å². The van der Waals surface area contributed by atoms with Crippen molar-refractivity contribution in [1.82, 2.24) is 9.47 Å². The van der Waals surface area contributed by atoms with Gasteiger partial charge < -0.3 is 9.67 Å². The second-order valence-electron chi connectivity index (χ2n) is 6.95. The van der Waals surface area contributed by atoms with Crippen molar-refractivity contribution in [2.24, 2.45) is 0 Å². The average molecular weight is 282 g/mol. The molecule has 5 rings (SSSR count). The summed E-state index contributed by atoms with van der Waals surface area (Å²) in [6.07, 6.45) is 5.50. The van der Waals surface area contributed by atoms with Crippen molar-refractivity contribution in [2.75, 3.05) is 13.1 Å². The molecule has 0 spiro atoms. The van der Waals surface area contributed by atoms with Crippen LogP contribution in [0.5, 0.6) is 0 Å². The Labute approximate surface area is 125 Å². The van der Waals surface area contributed by atoms with Gasteiger partial charge in [-0.3, -0.25) is 4.90 Å². The first-order valence-electron chi connectivity index (χ1n) is 8.39. The Morgan fingerprint density at radius 1 is 1.05 bits per heavy atom. The SMILES string of the molecule is O[C@@H]1CCC[C@@H]2c3c(c4ccccc4n31)[C@H]1CCCN2C1. The number of fused-ring (bicyclic) bond motifs is 7. The summed E-state index contributed by atoms with van der Waals surface area (Å²) in [6.45, 7) is 2.46. The van der Waals surface area contributed by atoms with Gasteiger partial charge in [0.2, 0.25) is 0 Å². The third kappa shape index (κ3) is 1.56. The third-order valence-electron chi connectivity index (χ3n) is 5.84. The topological polar surface area (TPSA) is 28.4 Å². The van der Waals surface area contributed by atoms with E-state index < -0.39 is 0 Å². The van der Waals surface area contributed by atoms with Gasteiger partial charge in [0.05, 0.1) is 11.6 Å². The van der Waals surface area contributed by atoms with Crippen molar-refractivity contribution in [2.45, 2.75) is 50.3 Å². The number of aliphatic hydroxyl groups excluding tert-OH is 1. The molecular formula is C18H22N2O. The first kappa shape index (κ1) is 12.2. The summed E-state index contributed by atoms with van der Waals surface area (Å²) in [4.78, 5) is 2.68. The van der Waals surface area contributed by atoms with E-state index in [1.165, 1.54) is 48.9 Å². The summed E-state index contributed by atoms with van der Waals surface area (Å²) in [6, 6.07) is 9.24. The number of piperidine rings is 1. The van der Waals surface area contributed by atoms with Crippen molar-refractivity contribution in [3.8, 4) is 0 Å². The van der Waals surface area contributed by atoms with Gasteiger partial charge in [0.25, 0.3) is 0 Å². The molecule has 1 aromatic carbocycles. The lowest BCUT2D eigenvalue weighted by atomic mass is 9.81. The smallest absolute Gasteiger partial charge is 0.131 e. The van der Waals surface area contributed by atoms with Gasteiger partial charge in [-0.1, -0.05) is 18.2 Å². The molecule has 110 valence electrons. The van der Waals surface area contributed by atoms with Gasteiger partial charge in [-0.25, -0.2) is 0 Å². The number of aliphatic hydroxyl groups is 1. The van der Waals surface area contributed by atoms with Crippen LogP contribution in [-0.4, -0.2) is 27.7 Å². The van der Waals surface area contributed by atoms with Crippen molar-refractivity contribution >= 4 is 10.9 Å². The maximum absolute atomic E-state index is 10.7. The largest absolute Gasteiger partial charge is 0.373 e. The van der Waals surface area contributed by atoms with Crippen molar-refractivity contribution < 1.29 is 5.11 Å². The predicted molar refractivity (Wildman–Crippen MR) is 83.3 cm³/mol. The van der Waals surface area contributed by atoms with Crippen LogP contribution < -0.4 is 0 Å². The van der Waals surface area contributed by atoms with Crippen molar-refractivity contribution in [1.29, 1.82) is 0 Å². The molecule has 0 amide bonds. The second-order valence-corrected chi connectivity index (χ2v) is 6.95. The molecule has 4 atom stereocenters. The molecule has 1 saturated heterocycles. The first-order valence-corrected chi connectivity index (χ1v) is 8.39. The van der Waals surface area contributed by atoms with E-state index in [0.29, 0.717) is 12.0 Å². The van der Waals surface area contributed by atoms with E-state index in [-0.39, 0.29) is 6.23 Å². The van der Waals surface area contributed by atoms with Crippen LogP contribution >= 0.6 is 0 Å². The van der Waals surface area contributed by atoms with E-state index in [9.17, 15) is 5.11 Å². The molecule has 1 N–H and O–H groups in total. The summed E-state index contributed by atoms with van der Waals surface area (Å²) >= 11 is 0. The highest BCUT2D eigenvalue weighted by Crippen LogP contribution is 2.50. The highest BCUT2D eigenvalue weighted by atomic mass is 16.3. The normalized spacial score (nSPS) is 34.5. The number of hydrogen-bond donors (Lipinski definition) is 1. The van der Waals surface area contributed by atoms with Crippen molar-refractivity contribution in [3.05, 3.63) is 35.5 Å². The molecule has 1 aromatic heterocycles. The molecule has 3 aliphatic rings. The Morgan fingerprint density at radius 3 is 2.90 bits per heavy atom. The maximum Gasteiger partial charge on any atom is 0.131 e. The van der Waals surface area contributed by atoms with Gasteiger partial charge in [-0.15, -0.1) is 0 Å². The lowest BCUT2D eigenvalue weighted by Gasteiger charge is -2.44. The van der Waals surface area contributed by atoms with Gasteiger partial charge >= 0.3 is 0 Å². The predicted octanol–water partition coefficient (Wildman–Crippen LogP) is 3.55. The van der Waals surface area contributed by atoms with Crippen molar-refractivity contribution in [3.63, 3.8) is 0 Å². The van der Waals surface area contributed by atoms with E-state index in [1.807, 2.05) is 0 Å². The summed E-state index contributed by atoms with van der Waals surface area (Å²) in [5.41, 5.74) is 4.25. The van der Waals surface area contributed by atoms with Crippen LogP contribution in [0.2, 0.25) is 0 Å². The molecule has 3 nitrogen and oxygen atoms in total. The van der Waals surface area contributed by atoms with E-state index in [0.717, 1.165) is 12.8 Å². The molecule has 0 saturated carbocycles. The Morgan fingerprint density at radius 2 is 1.95 bits per heavy atom. The zero-order valence-corrected chi connectivity index (χ0v) is 12.3. The fourth-order valence-corrected chi connectivity index (χ4v) is 5.04. The molecule has 3 aliphatic heterocycles. The fraction of sp³-hybridized carbons (Fsp3) is 0.556. The second kappa shape index (κ2) is 4.34. The first-order chi connectivity index (χ1) is 10.3. The van der Waals surface area contributed by atoms with Gasteiger partial charge in [0.1, 0.15) is 6.23 Å². The van der Waals surface area contributed by atoms with E-state index >= 15 is 0 Å². The number of aromatic nitrogens is 1. The van der Waals surface area contributed by atoms with E-state index in [4.69, 9.17) is 0 Å². The van der Waals surface area contributed by atoms with Crippen LogP contribution in [0.15, 0.2) is 24.3 Å². The Hall–Kier alpha value is -1.32. The molecule has 1 unspecified atom stereocenters. The van der Waals surface area contributed by atoms with Gasteiger partial charge in [-0.2, -0.15) is 0 Å². The quantitative estimate of drug-likeness (QED) is 0.800. The minimum absolute atomic E-state index is 0.344. The number of benzene rings is 1. The van der Waals surface area contributed by atoms with Crippen LogP contribution in [0.4, 0.5) is 0 Å². The number of nitrogens with zero attached hydrogens (tertiary/aromatic N) is 2. The van der Waals surface area contributed by atoms with Crippen LogP contribution in [-0.2, 0) is 0 Å². The molecular weight excluding hydrogens is 260 g/mol. The standard InChI is InChI=1S/C18H22N2O/c21-16-9-3-8-15-18-17(12-5-4-10-19(15)11-12)13-6-1-2-7-14(13)20(16)18/h1-2,6-7,12,15-16,21H,3-5,8-11H2/t12-,15+,16+/m0/s1. The van der Waals surface area contributed by atoms with Crippen LogP contribution in [0.1, 0.15) is 61.5 Å². The summed E-state index contributed by atoms with van der Waals surface area (Å²) in [7, 11) is 0. The summed E-state index contributed by atoms with van der Waals surface area (Å²) in [5, 5.41) is 12.1. The lowest BCUT2D eigenvalue weighted by molar-refractivity contribution is 0.0939. The minimum Gasteiger partial charge on any atom is -0.373 e. The third-order valence-corrected chi connectivity index (χ3v) is 5.84. The van der Waals surface area contributed by atoms with Gasteiger partial charge in [-0.05, 0) is 56.2 Å². The van der Waals surface area contributed by atoms with Gasteiger partial charge in [0.15, 0.2) is 0 Å². The molecule has 3 heteroatoms. The van der Waals surface area contributed by atoms with Crippen LogP contribution in [0.3, 0.4) is 0 Å². The van der Waals surface area contributed by atoms with E-state index in [2.05, 4.69) is 33.7 Å². The summed E-state index contributed by atoms with van der Waals surface area (Å²) in [5.74, 6) is 0.668. The Bertz CT molecular complexity index is 690. The van der Waals surface area contributed by atoms with Crippen LogP contribution in [0, 0.1) is 0 Å². The zero-order valence-electron chi connectivity index (χ0n) is 12.3. The van der Waals surface area contributed by atoms with Gasteiger partial charge in [0, 0.05) is 17.6 Å². The Kier molecular flexibility index (Phi) is 2.53. The maximum atomic E-state index is 10.7. The number of para-hydroxylation sites is 1. The Balaban J connectivity index is 1.88. The zero-order chi connectivity index (χ0) is 14.0. The monoisotopic (exact) mass is 282 g/mol. The molecule has 21 heavy (non-hydrogen) atoms. The molecule has 2 bridgehead atoms. The van der Waals surface area contributed by atoms with E-state index in [1.54, 1.807) is 5.56 Å². The average Bonchev–Trinajstić information content (AvgIpc) is 2.76.